The summed E-state index contributed by atoms with van der Waals surface area (Å²) in [6, 6.07) is 7.58. The summed E-state index contributed by atoms with van der Waals surface area (Å²) in [7, 11) is 1.45. The molecular weight excluding hydrogens is 252 g/mol. The molecule has 0 aliphatic carbocycles. The van der Waals surface area contributed by atoms with Crippen molar-refractivity contribution in [3.63, 3.8) is 0 Å². The summed E-state index contributed by atoms with van der Waals surface area (Å²) in [6.45, 7) is 1.67. The first kappa shape index (κ1) is 13.2. The average Bonchev–Trinajstić information content (AvgIpc) is 2.41. The van der Waals surface area contributed by atoms with Gasteiger partial charge in [0.25, 0.3) is 0 Å². The summed E-state index contributed by atoms with van der Waals surface area (Å²) < 4.78 is 4.76. The largest absolute Gasteiger partial charge is 0.469 e. The van der Waals surface area contributed by atoms with Gasteiger partial charge in [-0.05, 0) is 37.1 Å². The predicted octanol–water partition coefficient (Wildman–Crippen LogP) is 2.55. The number of hydrogen-bond acceptors (Lipinski definition) is 4. The average molecular weight is 269 g/mol. The molecule has 0 unspecified atom stereocenters. The molecule has 0 atom stereocenters. The van der Waals surface area contributed by atoms with Gasteiger partial charge in [-0.25, -0.2) is 5.01 Å². The third-order valence-electron chi connectivity index (χ3n) is 3.16. The number of rotatable bonds is 3. The maximum Gasteiger partial charge on any atom is 0.308 e. The van der Waals surface area contributed by atoms with Crippen LogP contribution in [0.5, 0.6) is 0 Å². The van der Waals surface area contributed by atoms with Crippen LogP contribution in [-0.4, -0.2) is 31.2 Å². The fourth-order valence-corrected chi connectivity index (χ4v) is 2.23. The number of carbonyl (C=O) groups excluding carboxylic acids is 1. The van der Waals surface area contributed by atoms with Crippen molar-refractivity contribution < 1.29 is 9.53 Å². The van der Waals surface area contributed by atoms with Gasteiger partial charge in [-0.2, -0.15) is 0 Å². The minimum Gasteiger partial charge on any atom is -0.469 e. The normalized spacial score (nSPS) is 17.4. The van der Waals surface area contributed by atoms with Crippen molar-refractivity contribution in [1.82, 2.24) is 5.01 Å². The van der Waals surface area contributed by atoms with Gasteiger partial charge in [0.05, 0.1) is 13.0 Å². The van der Waals surface area contributed by atoms with E-state index in [0.29, 0.717) is 0 Å². The molecule has 1 aromatic rings. The van der Waals surface area contributed by atoms with Crippen LogP contribution in [0.3, 0.4) is 0 Å². The lowest BCUT2D eigenvalue weighted by Gasteiger charge is -2.31. The van der Waals surface area contributed by atoms with E-state index in [9.17, 15) is 4.79 Å². The smallest absolute Gasteiger partial charge is 0.308 e. The first-order valence-electron chi connectivity index (χ1n) is 6.04. The van der Waals surface area contributed by atoms with Crippen LogP contribution in [-0.2, 0) is 9.53 Å². The van der Waals surface area contributed by atoms with Crippen LogP contribution in [0.1, 0.15) is 12.8 Å². The molecule has 1 saturated heterocycles. The topological polar surface area (TPSA) is 41.6 Å². The Morgan fingerprint density at radius 3 is 2.50 bits per heavy atom. The Kier molecular flexibility index (Phi) is 4.44. The number of methoxy groups -OCH3 is 1. The van der Waals surface area contributed by atoms with Crippen LogP contribution < -0.4 is 5.43 Å². The first-order valence-corrected chi connectivity index (χ1v) is 6.42. The van der Waals surface area contributed by atoms with E-state index in [0.717, 1.165) is 36.6 Å². The summed E-state index contributed by atoms with van der Waals surface area (Å²) in [5.74, 6) is -0.0561. The van der Waals surface area contributed by atoms with E-state index in [2.05, 4.69) is 10.4 Å². The summed E-state index contributed by atoms with van der Waals surface area (Å²) >= 11 is 5.83. The molecule has 4 nitrogen and oxygen atoms in total. The number of hydrogen-bond donors (Lipinski definition) is 1. The third kappa shape index (κ3) is 3.37. The van der Waals surface area contributed by atoms with Crippen molar-refractivity contribution in [3.8, 4) is 0 Å². The van der Waals surface area contributed by atoms with E-state index in [1.54, 1.807) is 0 Å². The maximum absolute atomic E-state index is 11.4. The van der Waals surface area contributed by atoms with E-state index in [-0.39, 0.29) is 11.9 Å². The number of ether oxygens (including phenoxy) is 1. The van der Waals surface area contributed by atoms with Gasteiger partial charge in [0.2, 0.25) is 0 Å². The molecule has 5 heteroatoms. The SMILES string of the molecule is COC(=O)C1CCN(Nc2ccc(Cl)cc2)CC1. The summed E-state index contributed by atoms with van der Waals surface area (Å²) in [5.41, 5.74) is 4.32. The molecule has 0 radical (unpaired) electrons. The van der Waals surface area contributed by atoms with Crippen LogP contribution in [0.15, 0.2) is 24.3 Å². The molecule has 1 aliphatic heterocycles. The number of benzene rings is 1. The molecule has 1 N–H and O–H groups in total. The lowest BCUT2D eigenvalue weighted by Crippen LogP contribution is -2.40. The van der Waals surface area contributed by atoms with Crippen molar-refractivity contribution in [2.24, 2.45) is 5.92 Å². The van der Waals surface area contributed by atoms with Crippen LogP contribution >= 0.6 is 11.6 Å². The molecule has 2 rings (SSSR count). The molecule has 1 aromatic carbocycles. The van der Waals surface area contributed by atoms with Gasteiger partial charge < -0.3 is 10.2 Å². The molecule has 1 fully saturated rings. The molecule has 0 amide bonds. The lowest BCUT2D eigenvalue weighted by molar-refractivity contribution is -0.146. The molecule has 18 heavy (non-hydrogen) atoms. The van der Waals surface area contributed by atoms with Crippen molar-refractivity contribution in [3.05, 3.63) is 29.3 Å². The Labute approximate surface area is 112 Å². The Bertz CT molecular complexity index is 400. The number of halogens is 1. The van der Waals surface area contributed by atoms with Crippen molar-refractivity contribution >= 4 is 23.3 Å². The zero-order valence-electron chi connectivity index (χ0n) is 10.4. The van der Waals surface area contributed by atoms with Crippen LogP contribution in [0.4, 0.5) is 5.69 Å². The van der Waals surface area contributed by atoms with E-state index >= 15 is 0 Å². The second-order valence-corrected chi connectivity index (χ2v) is 4.84. The number of carbonyl (C=O) groups is 1. The molecule has 0 spiro atoms. The molecule has 1 aliphatic rings. The second kappa shape index (κ2) is 6.07. The molecule has 1 heterocycles. The highest BCUT2D eigenvalue weighted by Crippen LogP contribution is 2.20. The Hall–Kier alpha value is -1.26. The first-order chi connectivity index (χ1) is 8.69. The summed E-state index contributed by atoms with van der Waals surface area (Å²) in [6.07, 6.45) is 1.65. The number of nitrogens with one attached hydrogen (secondary N) is 1. The van der Waals surface area contributed by atoms with Gasteiger partial charge in [0, 0.05) is 23.8 Å². The molecule has 0 saturated carbocycles. The standard InChI is InChI=1S/C13H17ClN2O2/c1-18-13(17)10-6-8-16(9-7-10)15-12-4-2-11(14)3-5-12/h2-5,10,15H,6-9H2,1H3. The van der Waals surface area contributed by atoms with E-state index in [1.807, 2.05) is 24.3 Å². The van der Waals surface area contributed by atoms with Crippen LogP contribution in [0.25, 0.3) is 0 Å². The Balaban J connectivity index is 1.83. The van der Waals surface area contributed by atoms with Gasteiger partial charge in [0.15, 0.2) is 0 Å². The Morgan fingerprint density at radius 2 is 1.94 bits per heavy atom. The maximum atomic E-state index is 11.4. The van der Waals surface area contributed by atoms with Crippen molar-refractivity contribution in [1.29, 1.82) is 0 Å². The van der Waals surface area contributed by atoms with E-state index in [4.69, 9.17) is 16.3 Å². The fraction of sp³-hybridized carbons (Fsp3) is 0.462. The molecule has 0 aromatic heterocycles. The highest BCUT2D eigenvalue weighted by molar-refractivity contribution is 6.30. The number of hydrazine groups is 1. The zero-order chi connectivity index (χ0) is 13.0. The number of nitrogens with zero attached hydrogens (tertiary/aromatic N) is 1. The highest BCUT2D eigenvalue weighted by atomic mass is 35.5. The van der Waals surface area contributed by atoms with Crippen molar-refractivity contribution in [2.75, 3.05) is 25.6 Å². The lowest BCUT2D eigenvalue weighted by atomic mass is 9.98. The molecule has 0 bridgehead atoms. The minimum atomic E-state index is -0.0962. The summed E-state index contributed by atoms with van der Waals surface area (Å²) in [4.78, 5) is 11.4. The van der Waals surface area contributed by atoms with Gasteiger partial charge in [-0.1, -0.05) is 11.6 Å². The second-order valence-electron chi connectivity index (χ2n) is 4.40. The number of esters is 1. The van der Waals surface area contributed by atoms with Gasteiger partial charge in [0.1, 0.15) is 0 Å². The quantitative estimate of drug-likeness (QED) is 0.856. The number of piperidine rings is 1. The predicted molar refractivity (Wildman–Crippen MR) is 71.4 cm³/mol. The minimum absolute atomic E-state index is 0.0401. The molecule has 98 valence electrons. The third-order valence-corrected chi connectivity index (χ3v) is 3.41. The van der Waals surface area contributed by atoms with Crippen molar-refractivity contribution in [2.45, 2.75) is 12.8 Å². The molecular formula is C13H17ClN2O2. The van der Waals surface area contributed by atoms with Crippen LogP contribution in [0.2, 0.25) is 5.02 Å². The summed E-state index contributed by atoms with van der Waals surface area (Å²) in [5, 5.41) is 2.84. The number of anilines is 1. The van der Waals surface area contributed by atoms with Gasteiger partial charge in [-0.15, -0.1) is 0 Å². The van der Waals surface area contributed by atoms with Crippen LogP contribution in [0, 0.1) is 5.92 Å². The highest BCUT2D eigenvalue weighted by Gasteiger charge is 2.25. The Morgan fingerprint density at radius 1 is 1.33 bits per heavy atom. The zero-order valence-corrected chi connectivity index (χ0v) is 11.1. The monoisotopic (exact) mass is 268 g/mol. The van der Waals surface area contributed by atoms with Gasteiger partial charge in [-0.3, -0.25) is 4.79 Å². The van der Waals surface area contributed by atoms with Gasteiger partial charge >= 0.3 is 5.97 Å². The van der Waals surface area contributed by atoms with E-state index < -0.39 is 0 Å². The van der Waals surface area contributed by atoms with E-state index in [1.165, 1.54) is 7.11 Å². The fourth-order valence-electron chi connectivity index (χ4n) is 2.10.